The first-order valence-corrected chi connectivity index (χ1v) is 12.0. The highest BCUT2D eigenvalue weighted by Crippen LogP contribution is 2.46. The van der Waals surface area contributed by atoms with Gasteiger partial charge in [-0.3, -0.25) is 0 Å². The van der Waals surface area contributed by atoms with Crippen molar-refractivity contribution in [2.45, 2.75) is 78.1 Å². The lowest BCUT2D eigenvalue weighted by molar-refractivity contribution is 0.113. The van der Waals surface area contributed by atoms with Crippen molar-refractivity contribution in [1.29, 1.82) is 0 Å². The molecule has 0 amide bonds. The van der Waals surface area contributed by atoms with Gasteiger partial charge in [0, 0.05) is 27.6 Å². The molecule has 0 radical (unpaired) electrons. The molecule has 168 valence electrons. The van der Waals surface area contributed by atoms with E-state index in [4.69, 9.17) is 4.74 Å². The summed E-state index contributed by atoms with van der Waals surface area (Å²) in [4.78, 5) is 0. The van der Waals surface area contributed by atoms with Gasteiger partial charge < -0.3 is 4.74 Å². The summed E-state index contributed by atoms with van der Waals surface area (Å²) in [7, 11) is 0. The molecule has 1 heterocycles. The van der Waals surface area contributed by atoms with Gasteiger partial charge in [0.25, 0.3) is 0 Å². The van der Waals surface area contributed by atoms with E-state index in [1.807, 2.05) is 0 Å². The number of thiophene rings is 1. The second-order valence-electron chi connectivity index (χ2n) is 9.54. The van der Waals surface area contributed by atoms with Crippen LogP contribution < -0.4 is 4.74 Å². The van der Waals surface area contributed by atoms with Crippen LogP contribution in [0, 0.1) is 0 Å². The number of hydrogen-bond acceptors (Lipinski definition) is 2. The van der Waals surface area contributed by atoms with Gasteiger partial charge in [-0.1, -0.05) is 59.7 Å². The van der Waals surface area contributed by atoms with Crippen LogP contribution in [0.1, 0.15) is 71.9 Å². The van der Waals surface area contributed by atoms with Crippen molar-refractivity contribution in [2.75, 3.05) is 6.61 Å². The zero-order valence-electron chi connectivity index (χ0n) is 19.5. The van der Waals surface area contributed by atoms with Crippen LogP contribution in [-0.4, -0.2) is 13.0 Å². The van der Waals surface area contributed by atoms with Gasteiger partial charge in [0.05, 0.1) is 6.61 Å². The molecule has 0 bridgehead atoms. The van der Waals surface area contributed by atoms with E-state index in [0.717, 1.165) is 35.3 Å². The Kier molecular flexibility index (Phi) is 7.10. The van der Waals surface area contributed by atoms with Gasteiger partial charge in [-0.15, -0.1) is 11.3 Å². The number of alkyl halides is 2. The van der Waals surface area contributed by atoms with Gasteiger partial charge in [0.2, 0.25) is 6.43 Å². The van der Waals surface area contributed by atoms with E-state index >= 15 is 0 Å². The van der Waals surface area contributed by atoms with Gasteiger partial charge in [0.15, 0.2) is 0 Å². The summed E-state index contributed by atoms with van der Waals surface area (Å²) in [6.45, 7) is 13.3. The largest absolute Gasteiger partial charge is 0.492 e. The number of benzene rings is 2. The lowest BCUT2D eigenvalue weighted by Gasteiger charge is -2.32. The van der Waals surface area contributed by atoms with Gasteiger partial charge in [0.1, 0.15) is 5.75 Å². The number of hydrogen-bond donors (Lipinski definition) is 0. The molecule has 0 N–H and O–H groups in total. The second kappa shape index (κ2) is 9.28. The average molecular weight is 445 g/mol. The highest BCUT2D eigenvalue weighted by atomic mass is 32.1. The number of halogens is 2. The Morgan fingerprint density at radius 1 is 0.935 bits per heavy atom. The van der Waals surface area contributed by atoms with Crippen LogP contribution in [0.4, 0.5) is 8.78 Å². The number of rotatable bonds is 9. The van der Waals surface area contributed by atoms with Gasteiger partial charge in [-0.2, -0.15) is 0 Å². The molecular weight excluding hydrogens is 410 g/mol. The molecule has 1 nitrogen and oxygen atoms in total. The zero-order chi connectivity index (χ0) is 22.8. The van der Waals surface area contributed by atoms with E-state index in [2.05, 4.69) is 83.3 Å². The van der Waals surface area contributed by atoms with Crippen LogP contribution in [-0.2, 0) is 10.8 Å². The summed E-state index contributed by atoms with van der Waals surface area (Å²) in [6, 6.07) is 12.9. The molecule has 0 saturated carbocycles. The number of fused-ring (bicyclic) bond motifs is 1. The molecule has 31 heavy (non-hydrogen) atoms. The van der Waals surface area contributed by atoms with Crippen molar-refractivity contribution in [3.8, 4) is 16.9 Å². The summed E-state index contributed by atoms with van der Waals surface area (Å²) < 4.78 is 33.2. The molecule has 0 atom stereocenters. The van der Waals surface area contributed by atoms with E-state index in [1.54, 1.807) is 11.3 Å². The minimum absolute atomic E-state index is 0.00261. The lowest BCUT2D eigenvalue weighted by atomic mass is 9.74. The Morgan fingerprint density at radius 2 is 1.65 bits per heavy atom. The van der Waals surface area contributed by atoms with Gasteiger partial charge in [-0.25, -0.2) is 8.78 Å². The third-order valence-electron chi connectivity index (χ3n) is 6.74. The van der Waals surface area contributed by atoms with E-state index in [9.17, 15) is 8.78 Å². The monoisotopic (exact) mass is 444 g/mol. The highest BCUT2D eigenvalue weighted by Gasteiger charge is 2.30. The predicted molar refractivity (Wildman–Crippen MR) is 130 cm³/mol. The van der Waals surface area contributed by atoms with Crippen LogP contribution in [0.15, 0.2) is 41.8 Å². The minimum Gasteiger partial charge on any atom is -0.492 e. The summed E-state index contributed by atoms with van der Waals surface area (Å²) in [5, 5.41) is 3.28. The van der Waals surface area contributed by atoms with E-state index in [1.165, 1.54) is 15.6 Å². The minimum atomic E-state index is -2.37. The SMILES string of the molecule is CCC(C)(C)c1cc(-c2cccc3sccc23)c(OCCC(F)F)c(C(C)(C)CC)c1. The molecule has 0 unspecified atom stereocenters. The molecule has 0 fully saturated rings. The Bertz CT molecular complexity index is 1030. The van der Waals surface area contributed by atoms with Crippen LogP contribution in [0.25, 0.3) is 21.2 Å². The topological polar surface area (TPSA) is 9.23 Å². The van der Waals surface area contributed by atoms with Crippen LogP contribution in [0.5, 0.6) is 5.75 Å². The first-order chi connectivity index (χ1) is 14.6. The molecule has 0 saturated heterocycles. The van der Waals surface area contributed by atoms with E-state index < -0.39 is 6.43 Å². The summed E-state index contributed by atoms with van der Waals surface area (Å²) >= 11 is 1.71. The normalized spacial score (nSPS) is 12.7. The van der Waals surface area contributed by atoms with Crippen molar-refractivity contribution in [2.24, 2.45) is 0 Å². The lowest BCUT2D eigenvalue weighted by Crippen LogP contribution is -2.22. The van der Waals surface area contributed by atoms with Crippen molar-refractivity contribution in [3.05, 3.63) is 52.9 Å². The van der Waals surface area contributed by atoms with Crippen molar-refractivity contribution >= 4 is 21.4 Å². The summed E-state index contributed by atoms with van der Waals surface area (Å²) in [5.74, 6) is 0.752. The van der Waals surface area contributed by atoms with Crippen LogP contribution in [0.3, 0.4) is 0 Å². The molecule has 4 heteroatoms. The fourth-order valence-corrected chi connectivity index (χ4v) is 4.56. The van der Waals surface area contributed by atoms with Crippen LogP contribution in [0.2, 0.25) is 0 Å². The van der Waals surface area contributed by atoms with E-state index in [-0.39, 0.29) is 23.9 Å². The molecule has 0 spiro atoms. The Balaban J connectivity index is 2.32. The first kappa shape index (κ1) is 23.7. The van der Waals surface area contributed by atoms with Crippen LogP contribution >= 0.6 is 11.3 Å². The summed E-state index contributed by atoms with van der Waals surface area (Å²) in [5.41, 5.74) is 4.33. The smallest absolute Gasteiger partial charge is 0.241 e. The average Bonchev–Trinajstić information content (AvgIpc) is 3.22. The Labute approximate surface area is 189 Å². The standard InChI is InChI=1S/C27H34F2OS/c1-7-26(3,4)18-16-21(19-10-9-11-23-20(19)13-15-31-23)25(30-14-12-24(28)29)22(17-18)27(5,6)8-2/h9-11,13,15-17,24H,7-8,12,14H2,1-6H3. The third-order valence-corrected chi connectivity index (χ3v) is 7.62. The van der Waals surface area contributed by atoms with Crippen molar-refractivity contribution in [3.63, 3.8) is 0 Å². The highest BCUT2D eigenvalue weighted by molar-refractivity contribution is 7.17. The van der Waals surface area contributed by atoms with Crippen molar-refractivity contribution in [1.82, 2.24) is 0 Å². The maximum absolute atomic E-state index is 12.9. The maximum Gasteiger partial charge on any atom is 0.241 e. The zero-order valence-corrected chi connectivity index (χ0v) is 20.3. The third kappa shape index (κ3) is 4.95. The molecule has 3 aromatic rings. The summed E-state index contributed by atoms with van der Waals surface area (Å²) in [6.07, 6.45) is -0.705. The quantitative estimate of drug-likeness (QED) is 0.320. The molecule has 1 aromatic heterocycles. The molecule has 3 rings (SSSR count). The molecule has 0 aliphatic rings. The molecule has 2 aromatic carbocycles. The van der Waals surface area contributed by atoms with Gasteiger partial charge >= 0.3 is 0 Å². The molecule has 0 aliphatic heterocycles. The Morgan fingerprint density at radius 3 is 2.29 bits per heavy atom. The first-order valence-electron chi connectivity index (χ1n) is 11.2. The molecular formula is C27H34F2OS. The number of ether oxygens (including phenoxy) is 1. The predicted octanol–water partition coefficient (Wildman–Crippen LogP) is 8.98. The fourth-order valence-electron chi connectivity index (χ4n) is 3.75. The fraction of sp³-hybridized carbons (Fsp3) is 0.481. The molecule has 0 aliphatic carbocycles. The maximum atomic E-state index is 12.9. The van der Waals surface area contributed by atoms with Crippen molar-refractivity contribution < 1.29 is 13.5 Å². The van der Waals surface area contributed by atoms with E-state index in [0.29, 0.717) is 0 Å². The second-order valence-corrected chi connectivity index (χ2v) is 10.5. The van der Waals surface area contributed by atoms with Gasteiger partial charge in [-0.05, 0) is 58.4 Å². The Hall–Kier alpha value is -1.94.